The number of nitriles is 1. The van der Waals surface area contributed by atoms with Crippen molar-refractivity contribution >= 4 is 52.1 Å². The molecule has 0 amide bonds. The highest BCUT2D eigenvalue weighted by atomic mass is 35.5. The summed E-state index contributed by atoms with van der Waals surface area (Å²) in [6.45, 7) is 38.4. The molecule has 5 heterocycles. The summed E-state index contributed by atoms with van der Waals surface area (Å²) in [4.78, 5) is 106. The number of hydrogen-bond acceptors (Lipinski definition) is 24. The molecule has 5 fully saturated rings. The van der Waals surface area contributed by atoms with Gasteiger partial charge in [-0.25, -0.2) is 15.0 Å². The van der Waals surface area contributed by atoms with Crippen LogP contribution in [0.25, 0.3) is 0 Å². The molecule has 15 atom stereocenters. The molecule has 0 aliphatic heterocycles. The van der Waals surface area contributed by atoms with Crippen LogP contribution in [-0.2, 0) is 83.2 Å². The number of carbonyl (C=O) groups excluding carboxylic acids is 5. The number of ether oxygens (including phenoxy) is 7. The zero-order chi connectivity index (χ0) is 81.1. The van der Waals surface area contributed by atoms with Crippen LogP contribution in [0, 0.1) is 70.5 Å². The lowest BCUT2D eigenvalue weighted by atomic mass is 9.55. The van der Waals surface area contributed by atoms with Crippen molar-refractivity contribution in [3.8, 4) is 47.6 Å². The maximum absolute atomic E-state index is 12.5. The Morgan fingerprint density at radius 2 is 0.650 bits per heavy atom. The number of aliphatic hydroxyl groups excluding tert-OH is 1. The quantitative estimate of drug-likeness (QED) is 0.0467. The molecule has 5 saturated carbocycles. The minimum absolute atomic E-state index is 0. The summed E-state index contributed by atoms with van der Waals surface area (Å²) < 4.78 is 39.6. The third kappa shape index (κ3) is 18.6. The van der Waals surface area contributed by atoms with E-state index >= 15 is 0 Å². The van der Waals surface area contributed by atoms with E-state index in [0.717, 1.165) is 152 Å². The van der Waals surface area contributed by atoms with E-state index in [9.17, 15) is 34.3 Å². The van der Waals surface area contributed by atoms with E-state index in [1.54, 1.807) is 0 Å². The standard InChI is InChI=1S/C19H26N2O4.2C18H26N2O3.C17H21N3O2.C14H16Cl2N2O.5CH4/c1-5-24-17-13-7-8-14-11(3)15(23)12(10-22)9-19(14,4)16(13)20-18(21-17)25-6-2;2*1-5-22-16-12-7-8-13-11(3)14(21)9-10-18(13,4)15(12)19-17(20-16)23-6-2;1-4-22-16-11-5-6-12-10(2)13(21)7-8-17(12,3)15(11)19-14(9-18)20-16;1-7-9-4-3-8-11(17-13(16)18-12(8)15)14(9,2)6-5-10(7)19;;;;;/h10-11,14,22H,5-9H2,1-4H3;2*11,13H,5-10H2,1-4H3;10,12H,4-8H2,1-3H3;7,9H,3-6H2,1-2H3;5*1H4/b12-10-;;;;;;;;;/t11-,14-,19-;2*11-,13-,18-;10-,12-,17-;7-,9-,14-;;;;;/m00000...../s1. The summed E-state index contributed by atoms with van der Waals surface area (Å²) in [5, 5.41) is 19.4. The highest BCUT2D eigenvalue weighted by Gasteiger charge is 2.56. The number of nitrogens with zero attached hydrogens (tertiary/aromatic N) is 11. The molecule has 10 aliphatic rings. The maximum atomic E-state index is 12.5. The Kier molecular flexibility index (Phi) is 33.7. The van der Waals surface area contributed by atoms with E-state index in [0.29, 0.717) is 172 Å². The smallest absolute Gasteiger partial charge is 0.319 e. The molecule has 0 saturated heterocycles. The molecule has 1 N–H and O–H groups in total. The predicted molar refractivity (Wildman–Crippen MR) is 456 cm³/mol. The lowest BCUT2D eigenvalue weighted by Gasteiger charge is -2.48. The predicted octanol–water partition coefficient (Wildman–Crippen LogP) is 18.7. The van der Waals surface area contributed by atoms with Gasteiger partial charge in [-0.1, -0.05) is 118 Å². The summed E-state index contributed by atoms with van der Waals surface area (Å²) in [7, 11) is 0. The van der Waals surface area contributed by atoms with Gasteiger partial charge in [-0.05, 0) is 186 Å². The SMILES string of the molecule is C.C.C.C.C.CCOc1nc(C#N)nc2c1CC[C@H]1[C@H](C)C(=O)CC[C@]21C.CCOc1nc(OCC)c2c(n1)[C@@]1(C)C/C(=C/O)C(=O)[C@@H](C)[C@@H]1CC2.CCOc1nc(OCC)c2c(n1)[C@@]1(C)CCC(=O)[C@@H](C)[C@@H]1CC2.CCOc1nc(OCC)c2c(n1)[C@@]1(C)CCC(=O)[C@@H](C)[C@@H]1CC2.C[C@@H]1C(=O)CC[C@]2(C)c3nc(Cl)nc(Cl)c3CC[C@@H]12. The third-order valence-corrected chi connectivity index (χ3v) is 27.6. The van der Waals surface area contributed by atoms with Gasteiger partial charge in [0, 0.05) is 116 Å². The summed E-state index contributed by atoms with van der Waals surface area (Å²) >= 11 is 12.2. The summed E-state index contributed by atoms with van der Waals surface area (Å²) in [6.07, 6.45) is 16.2. The van der Waals surface area contributed by atoms with E-state index in [1.165, 1.54) is 0 Å². The van der Waals surface area contributed by atoms with Crippen molar-refractivity contribution in [2.75, 3.05) is 46.2 Å². The van der Waals surface area contributed by atoms with Crippen LogP contribution >= 0.6 is 23.2 Å². The Labute approximate surface area is 706 Å². The molecule has 10 aliphatic carbocycles. The Morgan fingerprint density at radius 1 is 0.376 bits per heavy atom. The molecule has 15 rings (SSSR count). The molecule has 0 aromatic carbocycles. The zero-order valence-corrected chi connectivity index (χ0v) is 70.3. The van der Waals surface area contributed by atoms with Gasteiger partial charge in [-0.3, -0.25) is 24.0 Å². The van der Waals surface area contributed by atoms with Gasteiger partial charge in [0.1, 0.15) is 34.4 Å². The minimum atomic E-state index is -0.351. The number of carbonyl (C=O) groups is 5. The van der Waals surface area contributed by atoms with Crippen molar-refractivity contribution in [2.45, 2.75) is 304 Å². The number of aliphatic hydroxyl groups is 1. The molecule has 24 nitrogen and oxygen atoms in total. The summed E-state index contributed by atoms with van der Waals surface area (Å²) in [6, 6.07) is 3.13. The van der Waals surface area contributed by atoms with Crippen molar-refractivity contribution in [3.05, 3.63) is 84.4 Å². The van der Waals surface area contributed by atoms with E-state index in [2.05, 4.69) is 83.4 Å². The first-order chi connectivity index (χ1) is 53.4. The van der Waals surface area contributed by atoms with Crippen molar-refractivity contribution in [3.63, 3.8) is 0 Å². The number of halogens is 2. The molecular weight excluding hydrogens is 1530 g/mol. The van der Waals surface area contributed by atoms with Gasteiger partial charge in [0.2, 0.25) is 34.6 Å². The normalized spacial score (nSPS) is 29.2. The Morgan fingerprint density at radius 3 is 0.949 bits per heavy atom. The molecule has 5 aromatic rings. The van der Waals surface area contributed by atoms with Crippen LogP contribution in [-0.4, -0.2) is 130 Å². The second kappa shape index (κ2) is 40.3. The molecule has 5 aromatic heterocycles. The van der Waals surface area contributed by atoms with Gasteiger partial charge in [0.05, 0.1) is 81.0 Å². The van der Waals surface area contributed by atoms with Crippen LogP contribution in [0.4, 0.5) is 0 Å². The number of Topliss-reactive ketones (excluding diaryl/α,β-unsaturated/α-hetero) is 5. The van der Waals surface area contributed by atoms with Gasteiger partial charge >= 0.3 is 18.0 Å². The van der Waals surface area contributed by atoms with Crippen molar-refractivity contribution in [2.24, 2.45) is 59.2 Å². The first kappa shape index (κ1) is 97.8. The Bertz CT molecular complexity index is 4350. The van der Waals surface area contributed by atoms with E-state index in [1.807, 2.05) is 75.3 Å². The van der Waals surface area contributed by atoms with Crippen LogP contribution in [0.3, 0.4) is 0 Å². The van der Waals surface area contributed by atoms with Crippen LogP contribution < -0.4 is 33.2 Å². The molecule has 26 heteroatoms. The molecule has 0 unspecified atom stereocenters. The Hall–Kier alpha value is -8.04. The van der Waals surface area contributed by atoms with E-state index in [4.69, 9.17) is 71.3 Å². The number of hydrogen-bond donors (Lipinski definition) is 1. The molecule has 0 bridgehead atoms. The van der Waals surface area contributed by atoms with Gasteiger partial charge in [0.15, 0.2) is 5.78 Å². The number of allylic oxidation sites excluding steroid dienone is 1. The monoisotopic (exact) mass is 1660 g/mol. The average molecular weight is 1660 g/mol. The van der Waals surface area contributed by atoms with Crippen LogP contribution in [0.5, 0.6) is 41.6 Å². The van der Waals surface area contributed by atoms with Crippen molar-refractivity contribution < 1.29 is 62.2 Å². The van der Waals surface area contributed by atoms with E-state index in [-0.39, 0.29) is 123 Å². The highest BCUT2D eigenvalue weighted by molar-refractivity contribution is 6.32. The number of fused-ring (bicyclic) bond motifs is 15. The van der Waals surface area contributed by atoms with Crippen molar-refractivity contribution in [1.29, 1.82) is 5.26 Å². The zero-order valence-electron chi connectivity index (χ0n) is 68.8. The fourth-order valence-corrected chi connectivity index (χ4v) is 21.7. The average Bonchev–Trinajstić information content (AvgIpc) is 0.737. The second-order valence-electron chi connectivity index (χ2n) is 33.2. The maximum Gasteiger partial charge on any atom is 0.319 e. The molecule has 117 heavy (non-hydrogen) atoms. The topological polar surface area (TPSA) is 323 Å². The fraction of sp³-hybridized carbons (Fsp3) is 0.692. The minimum Gasteiger partial charge on any atom is -0.515 e. The molecule has 0 radical (unpaired) electrons. The molecular formula is C91H135Cl2N11O13. The molecule has 0 spiro atoms. The third-order valence-electron chi connectivity index (χ3n) is 27.2. The van der Waals surface area contributed by atoms with Gasteiger partial charge in [-0.15, -0.1) is 0 Å². The fourth-order valence-electron chi connectivity index (χ4n) is 21.2. The lowest BCUT2D eigenvalue weighted by Crippen LogP contribution is -2.48. The van der Waals surface area contributed by atoms with Gasteiger partial charge in [0.25, 0.3) is 0 Å². The summed E-state index contributed by atoms with van der Waals surface area (Å²) in [5.74, 6) is 5.84. The Balaban J connectivity index is 0.000000225. The number of rotatable bonds is 14. The largest absolute Gasteiger partial charge is 0.515 e. The summed E-state index contributed by atoms with van der Waals surface area (Å²) in [5.41, 5.74) is 9.79. The first-order valence-corrected chi connectivity index (χ1v) is 41.8. The van der Waals surface area contributed by atoms with Gasteiger partial charge < -0.3 is 38.3 Å². The number of aromatic nitrogens is 10. The highest BCUT2D eigenvalue weighted by Crippen LogP contribution is 2.58. The lowest BCUT2D eigenvalue weighted by molar-refractivity contribution is -0.129. The van der Waals surface area contributed by atoms with Crippen molar-refractivity contribution in [1.82, 2.24) is 49.8 Å². The first-order valence-electron chi connectivity index (χ1n) is 41.1. The number of ketones is 5. The van der Waals surface area contributed by atoms with Crippen LogP contribution in [0.1, 0.15) is 307 Å². The molecule has 646 valence electrons. The van der Waals surface area contributed by atoms with E-state index < -0.39 is 0 Å². The van der Waals surface area contributed by atoms with Crippen LogP contribution in [0.15, 0.2) is 11.8 Å². The van der Waals surface area contributed by atoms with Crippen LogP contribution in [0.2, 0.25) is 10.4 Å². The second-order valence-corrected chi connectivity index (χ2v) is 33.9. The van der Waals surface area contributed by atoms with Gasteiger partial charge in [-0.2, -0.15) is 40.1 Å².